The van der Waals surface area contributed by atoms with Crippen LogP contribution in [0.4, 0.5) is 5.13 Å². The van der Waals surface area contributed by atoms with E-state index in [4.69, 9.17) is 4.74 Å². The molecule has 0 saturated heterocycles. The zero-order valence-corrected chi connectivity index (χ0v) is 13.6. The van der Waals surface area contributed by atoms with Crippen molar-refractivity contribution < 1.29 is 4.74 Å². The van der Waals surface area contributed by atoms with Gasteiger partial charge in [0.2, 0.25) is 10.1 Å². The number of hydrogen-bond acceptors (Lipinski definition) is 6. The average molecular weight is 337 g/mol. The lowest BCUT2D eigenvalue weighted by molar-refractivity contribution is 0.333. The van der Waals surface area contributed by atoms with Gasteiger partial charge in [0, 0.05) is 18.0 Å². The van der Waals surface area contributed by atoms with Gasteiger partial charge in [-0.1, -0.05) is 29.5 Å². The molecule has 4 aromatic rings. The molecule has 0 aliphatic carbocycles. The summed E-state index contributed by atoms with van der Waals surface area (Å²) < 4.78 is 7.51. The van der Waals surface area contributed by atoms with Crippen molar-refractivity contribution in [2.75, 3.05) is 18.5 Å². The number of anilines is 1. The fourth-order valence-corrected chi connectivity index (χ4v) is 3.13. The van der Waals surface area contributed by atoms with Crippen molar-refractivity contribution in [3.63, 3.8) is 0 Å². The van der Waals surface area contributed by atoms with Crippen LogP contribution in [0, 0.1) is 0 Å². The summed E-state index contributed by atoms with van der Waals surface area (Å²) in [6, 6.07) is 13.7. The van der Waals surface area contributed by atoms with Crippen LogP contribution in [0.5, 0.6) is 5.75 Å². The largest absolute Gasteiger partial charge is 0.492 e. The molecule has 0 amide bonds. The number of aromatic nitrogens is 4. The summed E-state index contributed by atoms with van der Waals surface area (Å²) in [7, 11) is 0. The van der Waals surface area contributed by atoms with Gasteiger partial charge in [0.1, 0.15) is 12.4 Å². The topological polar surface area (TPSA) is 64.3 Å². The van der Waals surface area contributed by atoms with Crippen LogP contribution in [-0.2, 0) is 0 Å². The maximum absolute atomic E-state index is 5.66. The van der Waals surface area contributed by atoms with Crippen molar-refractivity contribution >= 4 is 21.4 Å². The first-order valence-electron chi connectivity index (χ1n) is 7.57. The van der Waals surface area contributed by atoms with Gasteiger partial charge in [0.15, 0.2) is 0 Å². The second-order valence-electron chi connectivity index (χ2n) is 5.07. The molecule has 24 heavy (non-hydrogen) atoms. The summed E-state index contributed by atoms with van der Waals surface area (Å²) in [5.74, 6) is 0.869. The number of nitrogens with zero attached hydrogens (tertiary/aromatic N) is 4. The molecular formula is C17H15N5OS. The maximum Gasteiger partial charge on any atom is 0.214 e. The van der Waals surface area contributed by atoms with Gasteiger partial charge in [-0.25, -0.2) is 9.50 Å². The molecule has 0 aliphatic rings. The summed E-state index contributed by atoms with van der Waals surface area (Å²) in [5.41, 5.74) is 2.00. The van der Waals surface area contributed by atoms with Crippen molar-refractivity contribution in [2.24, 2.45) is 0 Å². The molecule has 0 radical (unpaired) electrons. The molecule has 120 valence electrons. The molecule has 0 atom stereocenters. The Hall–Kier alpha value is -2.93. The van der Waals surface area contributed by atoms with Gasteiger partial charge in [0.25, 0.3) is 0 Å². The summed E-state index contributed by atoms with van der Waals surface area (Å²) >= 11 is 1.52. The van der Waals surface area contributed by atoms with Crippen LogP contribution in [0.3, 0.4) is 0 Å². The molecule has 0 unspecified atom stereocenters. The Labute approximate surface area is 142 Å². The van der Waals surface area contributed by atoms with Gasteiger partial charge in [-0.3, -0.25) is 4.98 Å². The first-order chi connectivity index (χ1) is 11.9. The Morgan fingerprint density at radius 3 is 2.75 bits per heavy atom. The number of nitrogens with one attached hydrogen (secondary N) is 1. The molecular weight excluding hydrogens is 322 g/mol. The minimum atomic E-state index is 0.573. The van der Waals surface area contributed by atoms with Gasteiger partial charge < -0.3 is 10.1 Å². The lowest BCUT2D eigenvalue weighted by atomic mass is 10.2. The summed E-state index contributed by atoms with van der Waals surface area (Å²) in [6.07, 6.45) is 5.36. The Morgan fingerprint density at radius 1 is 1.08 bits per heavy atom. The summed E-state index contributed by atoms with van der Waals surface area (Å²) in [6.45, 7) is 1.25. The lowest BCUT2D eigenvalue weighted by Gasteiger charge is -2.05. The smallest absolute Gasteiger partial charge is 0.214 e. The number of pyridine rings is 1. The molecule has 1 aromatic carbocycles. The molecule has 3 aromatic heterocycles. The van der Waals surface area contributed by atoms with Crippen molar-refractivity contribution in [2.45, 2.75) is 0 Å². The first kappa shape index (κ1) is 14.6. The number of imidazole rings is 1. The minimum absolute atomic E-state index is 0.573. The van der Waals surface area contributed by atoms with E-state index in [1.165, 1.54) is 11.3 Å². The van der Waals surface area contributed by atoms with E-state index < -0.39 is 0 Å². The van der Waals surface area contributed by atoms with E-state index >= 15 is 0 Å². The third kappa shape index (κ3) is 3.07. The highest BCUT2D eigenvalue weighted by Crippen LogP contribution is 2.25. The Kier molecular flexibility index (Phi) is 4.07. The molecule has 1 N–H and O–H groups in total. The van der Waals surface area contributed by atoms with E-state index in [0.29, 0.717) is 13.2 Å². The number of hydrogen-bond donors (Lipinski definition) is 1. The van der Waals surface area contributed by atoms with E-state index in [0.717, 1.165) is 27.1 Å². The van der Waals surface area contributed by atoms with Crippen molar-refractivity contribution in [1.82, 2.24) is 19.6 Å². The third-order valence-electron chi connectivity index (χ3n) is 3.45. The van der Waals surface area contributed by atoms with Gasteiger partial charge in [-0.05, 0) is 24.3 Å². The number of benzene rings is 1. The van der Waals surface area contributed by atoms with E-state index in [1.807, 2.05) is 53.2 Å². The number of ether oxygens (including phenoxy) is 1. The van der Waals surface area contributed by atoms with Crippen molar-refractivity contribution in [1.29, 1.82) is 0 Å². The van der Waals surface area contributed by atoms with Gasteiger partial charge in [0.05, 0.1) is 18.4 Å². The van der Waals surface area contributed by atoms with Gasteiger partial charge >= 0.3 is 0 Å². The second-order valence-corrected chi connectivity index (χ2v) is 6.03. The van der Waals surface area contributed by atoms with Crippen LogP contribution >= 0.6 is 11.3 Å². The van der Waals surface area contributed by atoms with E-state index in [1.54, 1.807) is 12.4 Å². The number of fused-ring (bicyclic) bond motifs is 1. The van der Waals surface area contributed by atoms with Gasteiger partial charge in [-0.15, -0.1) is 5.10 Å². The Morgan fingerprint density at radius 2 is 1.92 bits per heavy atom. The van der Waals surface area contributed by atoms with Crippen LogP contribution in [0.15, 0.2) is 61.1 Å². The molecule has 4 rings (SSSR count). The molecule has 0 bridgehead atoms. The third-order valence-corrected chi connectivity index (χ3v) is 4.33. The van der Waals surface area contributed by atoms with E-state index in [2.05, 4.69) is 20.4 Å². The van der Waals surface area contributed by atoms with Gasteiger partial charge in [-0.2, -0.15) is 0 Å². The summed E-state index contributed by atoms with van der Waals surface area (Å²) in [5, 5.41) is 8.68. The average Bonchev–Trinajstić information content (AvgIpc) is 3.20. The second kappa shape index (κ2) is 6.67. The molecule has 0 aliphatic heterocycles. The molecule has 6 nitrogen and oxygen atoms in total. The van der Waals surface area contributed by atoms with Crippen LogP contribution in [-0.4, -0.2) is 32.7 Å². The molecule has 3 heterocycles. The minimum Gasteiger partial charge on any atom is -0.492 e. The van der Waals surface area contributed by atoms with Crippen molar-refractivity contribution in [3.05, 3.63) is 61.1 Å². The predicted molar refractivity (Wildman–Crippen MR) is 94.5 cm³/mol. The number of para-hydroxylation sites is 1. The van der Waals surface area contributed by atoms with Crippen LogP contribution < -0.4 is 10.1 Å². The van der Waals surface area contributed by atoms with Crippen LogP contribution in [0.2, 0.25) is 0 Å². The number of rotatable bonds is 6. The van der Waals surface area contributed by atoms with Crippen LogP contribution in [0.1, 0.15) is 0 Å². The lowest BCUT2D eigenvalue weighted by Crippen LogP contribution is -2.11. The summed E-state index contributed by atoms with van der Waals surface area (Å²) in [4.78, 5) is 9.32. The highest BCUT2D eigenvalue weighted by atomic mass is 32.1. The maximum atomic E-state index is 5.66. The first-order valence-corrected chi connectivity index (χ1v) is 8.38. The monoisotopic (exact) mass is 337 g/mol. The standard InChI is InChI=1S/C17H15N5OS/c1-2-4-14(5-3-1)23-11-10-19-16-21-22-15(12-20-17(22)24-16)13-6-8-18-9-7-13/h1-9,12H,10-11H2,(H,19,21). The Balaban J connectivity index is 1.41. The SMILES string of the molecule is c1ccc(OCCNc2nn3c(-c4ccncc4)cnc3s2)cc1. The highest BCUT2D eigenvalue weighted by Gasteiger charge is 2.11. The Bertz CT molecular complexity index is 920. The van der Waals surface area contributed by atoms with Crippen molar-refractivity contribution in [3.8, 4) is 17.0 Å². The fourth-order valence-electron chi connectivity index (χ4n) is 2.33. The quantitative estimate of drug-likeness (QED) is 0.547. The molecule has 7 heteroatoms. The zero-order valence-electron chi connectivity index (χ0n) is 12.8. The zero-order chi connectivity index (χ0) is 16.2. The highest BCUT2D eigenvalue weighted by molar-refractivity contribution is 7.20. The predicted octanol–water partition coefficient (Wildman–Crippen LogP) is 3.34. The molecule has 0 saturated carbocycles. The molecule has 0 fully saturated rings. The van der Waals surface area contributed by atoms with Crippen LogP contribution in [0.25, 0.3) is 16.2 Å². The van der Waals surface area contributed by atoms with E-state index in [9.17, 15) is 0 Å². The van der Waals surface area contributed by atoms with E-state index in [-0.39, 0.29) is 0 Å². The normalized spacial score (nSPS) is 10.8. The molecule has 0 spiro atoms. The fraction of sp³-hybridized carbons (Fsp3) is 0.118.